The molecule has 6 nitrogen and oxygen atoms in total. The number of carbonyl (C=O) groups excluding carboxylic acids is 1. The van der Waals surface area contributed by atoms with Gasteiger partial charge in [0.05, 0.1) is 16.9 Å². The van der Waals surface area contributed by atoms with Crippen LogP contribution < -0.4 is 0 Å². The number of sulfonamides is 1. The molecule has 2 heterocycles. The van der Waals surface area contributed by atoms with Crippen molar-refractivity contribution in [2.75, 3.05) is 26.2 Å². The van der Waals surface area contributed by atoms with Crippen LogP contribution in [0.5, 0.6) is 0 Å². The van der Waals surface area contributed by atoms with E-state index >= 15 is 0 Å². The van der Waals surface area contributed by atoms with E-state index in [1.54, 1.807) is 17.0 Å². The minimum Gasteiger partial charge on any atom is -0.376 e. The first kappa shape index (κ1) is 23.8. The van der Waals surface area contributed by atoms with Crippen molar-refractivity contribution in [2.24, 2.45) is 5.92 Å². The minimum atomic E-state index is -3.84. The summed E-state index contributed by atoms with van der Waals surface area (Å²) in [5.41, 5.74) is 0.674. The molecule has 4 rings (SSSR count). The average Bonchev–Trinajstić information content (AvgIpc) is 3.32. The summed E-state index contributed by atoms with van der Waals surface area (Å²) in [5.74, 6) is -1.55. The first-order valence-electron chi connectivity index (χ1n) is 11.2. The summed E-state index contributed by atoms with van der Waals surface area (Å²) in [6, 6.07) is 10.8. The summed E-state index contributed by atoms with van der Waals surface area (Å²) < 4.78 is 60.1. The van der Waals surface area contributed by atoms with Gasteiger partial charge in [-0.05, 0) is 67.6 Å². The lowest BCUT2D eigenvalue weighted by Crippen LogP contribution is -2.48. The molecule has 0 spiro atoms. The molecule has 33 heavy (non-hydrogen) atoms. The summed E-state index contributed by atoms with van der Waals surface area (Å²) in [5, 5.41) is 0. The molecule has 178 valence electrons. The van der Waals surface area contributed by atoms with Crippen LogP contribution in [0.1, 0.15) is 31.2 Å². The van der Waals surface area contributed by atoms with Gasteiger partial charge >= 0.3 is 0 Å². The summed E-state index contributed by atoms with van der Waals surface area (Å²) in [7, 11) is -3.84. The SMILES string of the molecule is O=C(C1CCCN(S(=O)(=O)c2ccc(F)cc2)C1)N(Cc1cccc(F)c1)CC1CCCO1. The van der Waals surface area contributed by atoms with Gasteiger partial charge in [-0.2, -0.15) is 4.31 Å². The predicted octanol–water partition coefficient (Wildman–Crippen LogP) is 3.57. The van der Waals surface area contributed by atoms with Crippen molar-refractivity contribution < 1.29 is 26.7 Å². The first-order valence-corrected chi connectivity index (χ1v) is 12.7. The van der Waals surface area contributed by atoms with Crippen LogP contribution in [-0.4, -0.2) is 55.9 Å². The highest BCUT2D eigenvalue weighted by molar-refractivity contribution is 7.89. The highest BCUT2D eigenvalue weighted by Crippen LogP contribution is 2.26. The second-order valence-electron chi connectivity index (χ2n) is 8.64. The number of ether oxygens (including phenoxy) is 1. The predicted molar refractivity (Wildman–Crippen MR) is 119 cm³/mol. The van der Waals surface area contributed by atoms with E-state index in [1.165, 1.54) is 28.6 Å². The van der Waals surface area contributed by atoms with Crippen LogP contribution >= 0.6 is 0 Å². The van der Waals surface area contributed by atoms with Crippen molar-refractivity contribution in [1.82, 2.24) is 9.21 Å². The molecule has 0 aromatic heterocycles. The molecule has 1 amide bonds. The molecule has 0 saturated carbocycles. The number of benzene rings is 2. The van der Waals surface area contributed by atoms with E-state index < -0.39 is 21.8 Å². The second kappa shape index (κ2) is 10.3. The number of halogens is 2. The van der Waals surface area contributed by atoms with Crippen LogP contribution in [0, 0.1) is 17.6 Å². The fourth-order valence-electron chi connectivity index (χ4n) is 4.50. The lowest BCUT2D eigenvalue weighted by molar-refractivity contribution is -0.139. The number of piperidine rings is 1. The Balaban J connectivity index is 1.51. The smallest absolute Gasteiger partial charge is 0.243 e. The third-order valence-corrected chi connectivity index (χ3v) is 8.09. The molecule has 0 bridgehead atoms. The van der Waals surface area contributed by atoms with Crippen LogP contribution in [0.25, 0.3) is 0 Å². The van der Waals surface area contributed by atoms with Gasteiger partial charge in [0, 0.05) is 32.8 Å². The van der Waals surface area contributed by atoms with Crippen LogP contribution in [0.15, 0.2) is 53.4 Å². The Kier molecular flexibility index (Phi) is 7.41. The molecular formula is C24H28F2N2O4S. The third kappa shape index (κ3) is 5.77. The lowest BCUT2D eigenvalue weighted by atomic mass is 9.97. The van der Waals surface area contributed by atoms with E-state index in [4.69, 9.17) is 4.74 Å². The van der Waals surface area contributed by atoms with Gasteiger partial charge in [-0.3, -0.25) is 4.79 Å². The molecule has 9 heteroatoms. The summed E-state index contributed by atoms with van der Waals surface area (Å²) in [6.45, 7) is 1.64. The van der Waals surface area contributed by atoms with Gasteiger partial charge in [-0.25, -0.2) is 17.2 Å². The van der Waals surface area contributed by atoms with Crippen LogP contribution in [0.4, 0.5) is 8.78 Å². The Morgan fingerprint density at radius 3 is 2.55 bits per heavy atom. The van der Waals surface area contributed by atoms with Crippen molar-refractivity contribution in [3.63, 3.8) is 0 Å². The fourth-order valence-corrected chi connectivity index (χ4v) is 6.02. The molecule has 0 aliphatic carbocycles. The van der Waals surface area contributed by atoms with Gasteiger partial charge in [0.2, 0.25) is 15.9 Å². The summed E-state index contributed by atoms with van der Waals surface area (Å²) >= 11 is 0. The molecule has 0 N–H and O–H groups in total. The Bertz CT molecular complexity index is 1070. The minimum absolute atomic E-state index is 0.00738. The van der Waals surface area contributed by atoms with E-state index in [9.17, 15) is 22.0 Å². The van der Waals surface area contributed by atoms with Crippen molar-refractivity contribution in [3.05, 3.63) is 65.7 Å². The number of rotatable bonds is 7. The molecule has 2 saturated heterocycles. The van der Waals surface area contributed by atoms with Gasteiger partial charge in [-0.15, -0.1) is 0 Å². The van der Waals surface area contributed by atoms with Gasteiger partial charge in [0.1, 0.15) is 11.6 Å². The Morgan fingerprint density at radius 1 is 1.06 bits per heavy atom. The maximum absolute atomic E-state index is 13.7. The van der Waals surface area contributed by atoms with E-state index in [1.807, 2.05) is 0 Å². The van der Waals surface area contributed by atoms with Crippen LogP contribution in [0.2, 0.25) is 0 Å². The maximum atomic E-state index is 13.7. The zero-order chi connectivity index (χ0) is 23.4. The maximum Gasteiger partial charge on any atom is 0.243 e. The van der Waals surface area contributed by atoms with E-state index in [0.29, 0.717) is 38.1 Å². The fraction of sp³-hybridized carbons (Fsp3) is 0.458. The monoisotopic (exact) mass is 478 g/mol. The Labute approximate surface area is 193 Å². The number of amides is 1. The van der Waals surface area contributed by atoms with E-state index in [2.05, 4.69) is 0 Å². The number of carbonyl (C=O) groups is 1. The van der Waals surface area contributed by atoms with Crippen molar-refractivity contribution in [2.45, 2.75) is 43.2 Å². The molecular weight excluding hydrogens is 450 g/mol. The molecule has 2 aromatic rings. The quantitative estimate of drug-likeness (QED) is 0.610. The molecule has 2 fully saturated rings. The lowest BCUT2D eigenvalue weighted by Gasteiger charge is -2.35. The number of nitrogens with zero attached hydrogens (tertiary/aromatic N) is 2. The van der Waals surface area contributed by atoms with Crippen LogP contribution in [0.3, 0.4) is 0 Å². The number of hydrogen-bond acceptors (Lipinski definition) is 4. The van der Waals surface area contributed by atoms with Crippen LogP contribution in [-0.2, 0) is 26.1 Å². The molecule has 2 unspecified atom stereocenters. The number of hydrogen-bond donors (Lipinski definition) is 0. The van der Waals surface area contributed by atoms with Gasteiger partial charge in [-0.1, -0.05) is 12.1 Å². The summed E-state index contributed by atoms with van der Waals surface area (Å²) in [6.07, 6.45) is 2.82. The Morgan fingerprint density at radius 2 is 1.85 bits per heavy atom. The van der Waals surface area contributed by atoms with E-state index in [-0.39, 0.29) is 35.8 Å². The summed E-state index contributed by atoms with van der Waals surface area (Å²) in [4.78, 5) is 15.2. The topological polar surface area (TPSA) is 66.9 Å². The molecule has 2 aliphatic heterocycles. The van der Waals surface area contributed by atoms with Gasteiger partial charge in [0.15, 0.2) is 0 Å². The largest absolute Gasteiger partial charge is 0.376 e. The highest BCUT2D eigenvalue weighted by Gasteiger charge is 2.36. The van der Waals surface area contributed by atoms with Crippen molar-refractivity contribution in [1.29, 1.82) is 0 Å². The zero-order valence-corrected chi connectivity index (χ0v) is 19.1. The van der Waals surface area contributed by atoms with Crippen molar-refractivity contribution in [3.8, 4) is 0 Å². The standard InChI is InChI=1S/C24H28F2N2O4S/c25-20-8-10-23(11-9-20)33(30,31)28-12-2-5-19(16-28)24(29)27(17-22-7-3-13-32-22)15-18-4-1-6-21(26)14-18/h1,4,6,8-11,14,19,22H,2-3,5,7,12-13,15-17H2. The third-order valence-electron chi connectivity index (χ3n) is 6.21. The Hall–Kier alpha value is -2.36. The second-order valence-corrected chi connectivity index (χ2v) is 10.6. The molecule has 2 aromatic carbocycles. The van der Waals surface area contributed by atoms with E-state index in [0.717, 1.165) is 25.0 Å². The van der Waals surface area contributed by atoms with Gasteiger partial charge in [0.25, 0.3) is 0 Å². The first-order chi connectivity index (χ1) is 15.8. The normalized spacial score (nSPS) is 21.8. The van der Waals surface area contributed by atoms with Crippen molar-refractivity contribution >= 4 is 15.9 Å². The highest BCUT2D eigenvalue weighted by atomic mass is 32.2. The molecule has 2 atom stereocenters. The molecule has 2 aliphatic rings. The molecule has 0 radical (unpaired) electrons. The average molecular weight is 479 g/mol. The zero-order valence-electron chi connectivity index (χ0n) is 18.3. The van der Waals surface area contributed by atoms with Gasteiger partial charge < -0.3 is 9.64 Å².